The van der Waals surface area contributed by atoms with E-state index in [9.17, 15) is 4.79 Å². The van der Waals surface area contributed by atoms with Gasteiger partial charge in [-0.05, 0) is 92.4 Å². The van der Waals surface area contributed by atoms with Crippen LogP contribution in [0.25, 0.3) is 11.8 Å². The average Bonchev–Trinajstić information content (AvgIpc) is 3.53. The van der Waals surface area contributed by atoms with Gasteiger partial charge in [0.25, 0.3) is 0 Å². The number of carbonyl (C=O) groups is 1. The first kappa shape index (κ1) is 20.2. The van der Waals surface area contributed by atoms with E-state index in [0.717, 1.165) is 44.2 Å². The zero-order valence-electron chi connectivity index (χ0n) is 18.5. The summed E-state index contributed by atoms with van der Waals surface area (Å²) < 4.78 is 1.96. The molecule has 3 aliphatic carbocycles. The van der Waals surface area contributed by atoms with Crippen LogP contribution in [-0.2, 0) is 11.2 Å². The van der Waals surface area contributed by atoms with Crippen LogP contribution in [0.5, 0.6) is 0 Å². The molecule has 2 aromatic rings. The summed E-state index contributed by atoms with van der Waals surface area (Å²) in [4.78, 5) is 18.0. The molecule has 2 fully saturated rings. The third-order valence-corrected chi connectivity index (χ3v) is 7.25. The van der Waals surface area contributed by atoms with E-state index in [1.165, 1.54) is 35.1 Å². The van der Waals surface area contributed by atoms with Crippen LogP contribution in [0.4, 0.5) is 0 Å². The van der Waals surface area contributed by atoms with Crippen LogP contribution in [0.3, 0.4) is 0 Å². The fourth-order valence-corrected chi connectivity index (χ4v) is 5.38. The number of nitrogens with zero attached hydrogens (tertiary/aromatic N) is 2. The summed E-state index contributed by atoms with van der Waals surface area (Å²) in [6.45, 7) is 2.04. The van der Waals surface area contributed by atoms with Gasteiger partial charge in [0.15, 0.2) is 5.78 Å². The monoisotopic (exact) mass is 412 g/mol. The molecule has 160 valence electrons. The normalized spacial score (nSPS) is 24.2. The summed E-state index contributed by atoms with van der Waals surface area (Å²) in [5, 5.41) is 0. The summed E-state index contributed by atoms with van der Waals surface area (Å²) in [5.41, 5.74) is 6.41. The molecule has 1 aromatic carbocycles. The van der Waals surface area contributed by atoms with E-state index in [-0.39, 0.29) is 5.92 Å². The van der Waals surface area contributed by atoms with Crippen LogP contribution >= 0.6 is 0 Å². The quantitative estimate of drug-likeness (QED) is 0.397. The predicted octanol–water partition coefficient (Wildman–Crippen LogP) is 6.58. The maximum Gasteiger partial charge on any atom is 0.182 e. The third kappa shape index (κ3) is 4.23. The molecule has 0 aliphatic heterocycles. The highest BCUT2D eigenvalue weighted by molar-refractivity contribution is 6.17. The summed E-state index contributed by atoms with van der Waals surface area (Å²) in [5.74, 6) is 1.54. The molecule has 0 amide bonds. The molecule has 5 rings (SSSR count). The second-order valence-corrected chi connectivity index (χ2v) is 9.36. The Morgan fingerprint density at radius 3 is 2.61 bits per heavy atom. The van der Waals surface area contributed by atoms with Crippen LogP contribution in [0.1, 0.15) is 74.5 Å². The standard InChI is InChI=1S/C28H32N2O/c1-2-5-26(22-11-12-22)27(30-17-16-29-19-30)28(31)23-13-8-21(9-14-23)25-15-10-20-6-3-4-7-24(20)18-25/h2-3,5-6,10,15-19,21-23H,4,7-9,11-14H2,1H3/b5-2-,27-26+. The average molecular weight is 413 g/mol. The van der Waals surface area contributed by atoms with Crippen molar-refractivity contribution in [3.8, 4) is 0 Å². The first-order valence-corrected chi connectivity index (χ1v) is 11.9. The van der Waals surface area contributed by atoms with Crippen LogP contribution in [0.15, 0.2) is 60.7 Å². The highest BCUT2D eigenvalue weighted by atomic mass is 16.1. The molecule has 3 heteroatoms. The summed E-state index contributed by atoms with van der Waals surface area (Å²) in [6, 6.07) is 7.03. The Morgan fingerprint density at radius 1 is 1.10 bits per heavy atom. The molecule has 31 heavy (non-hydrogen) atoms. The van der Waals surface area contributed by atoms with Crippen molar-refractivity contribution < 1.29 is 4.79 Å². The van der Waals surface area contributed by atoms with Crippen molar-refractivity contribution in [2.45, 2.75) is 64.2 Å². The minimum Gasteiger partial charge on any atom is -0.303 e. The van der Waals surface area contributed by atoms with Gasteiger partial charge in [-0.1, -0.05) is 42.5 Å². The zero-order valence-corrected chi connectivity index (χ0v) is 18.5. The van der Waals surface area contributed by atoms with Gasteiger partial charge < -0.3 is 4.57 Å². The van der Waals surface area contributed by atoms with E-state index in [0.29, 0.717) is 17.6 Å². The number of aromatic nitrogens is 2. The number of hydrogen-bond donors (Lipinski definition) is 0. The van der Waals surface area contributed by atoms with Crippen LogP contribution in [-0.4, -0.2) is 15.3 Å². The molecule has 0 atom stereocenters. The molecular weight excluding hydrogens is 380 g/mol. The summed E-state index contributed by atoms with van der Waals surface area (Å²) >= 11 is 0. The number of rotatable bonds is 6. The smallest absolute Gasteiger partial charge is 0.182 e. The Hall–Kier alpha value is -2.68. The van der Waals surface area contributed by atoms with Crippen molar-refractivity contribution in [2.75, 3.05) is 0 Å². The fourth-order valence-electron chi connectivity index (χ4n) is 5.38. The number of hydrogen-bond acceptors (Lipinski definition) is 2. The molecule has 3 aliphatic rings. The van der Waals surface area contributed by atoms with E-state index in [2.05, 4.69) is 47.5 Å². The molecule has 0 N–H and O–H groups in total. The Morgan fingerprint density at radius 2 is 1.90 bits per heavy atom. The van der Waals surface area contributed by atoms with Gasteiger partial charge in [0.05, 0.1) is 12.0 Å². The second kappa shape index (κ2) is 8.82. The van der Waals surface area contributed by atoms with Gasteiger partial charge >= 0.3 is 0 Å². The SMILES string of the molecule is C/C=C\C(=C(\C(=O)C1CCC(c2ccc3c(c2)CCC=C3)CC1)n1ccnc1)C1CC1. The Labute approximate surface area is 185 Å². The van der Waals surface area contributed by atoms with E-state index < -0.39 is 0 Å². The first-order chi connectivity index (χ1) is 15.2. The van der Waals surface area contributed by atoms with Crippen molar-refractivity contribution in [1.29, 1.82) is 0 Å². The van der Waals surface area contributed by atoms with Crippen molar-refractivity contribution in [2.24, 2.45) is 11.8 Å². The van der Waals surface area contributed by atoms with Gasteiger partial charge in [0, 0.05) is 18.3 Å². The number of benzene rings is 1. The van der Waals surface area contributed by atoms with Gasteiger partial charge in [-0.25, -0.2) is 4.98 Å². The highest BCUT2D eigenvalue weighted by Gasteiger charge is 2.34. The second-order valence-electron chi connectivity index (χ2n) is 9.36. The van der Waals surface area contributed by atoms with E-state index in [1.54, 1.807) is 12.5 Å². The Balaban J connectivity index is 1.34. The van der Waals surface area contributed by atoms with Crippen LogP contribution < -0.4 is 0 Å². The number of fused-ring (bicyclic) bond motifs is 1. The van der Waals surface area contributed by atoms with Gasteiger partial charge in [-0.2, -0.15) is 0 Å². The molecule has 0 saturated heterocycles. The molecule has 0 unspecified atom stereocenters. The third-order valence-electron chi connectivity index (χ3n) is 7.25. The molecule has 1 heterocycles. The Bertz CT molecular complexity index is 1030. The molecule has 2 saturated carbocycles. The lowest BCUT2D eigenvalue weighted by molar-refractivity contribution is -0.118. The molecule has 3 nitrogen and oxygen atoms in total. The molecule has 0 bridgehead atoms. The van der Waals surface area contributed by atoms with E-state index in [1.807, 2.05) is 17.7 Å². The van der Waals surface area contributed by atoms with Crippen LogP contribution in [0, 0.1) is 11.8 Å². The maximum atomic E-state index is 13.7. The number of carbonyl (C=O) groups excluding carboxylic acids is 1. The lowest BCUT2D eigenvalue weighted by Gasteiger charge is -2.29. The van der Waals surface area contributed by atoms with Gasteiger partial charge in [0.2, 0.25) is 0 Å². The van der Waals surface area contributed by atoms with Crippen molar-refractivity contribution in [1.82, 2.24) is 9.55 Å². The lowest BCUT2D eigenvalue weighted by Crippen LogP contribution is -2.25. The molecule has 1 aromatic heterocycles. The van der Waals surface area contributed by atoms with E-state index >= 15 is 0 Å². The number of imidazole rings is 1. The maximum absolute atomic E-state index is 13.7. The number of ketones is 1. The van der Waals surface area contributed by atoms with Gasteiger partial charge in [-0.15, -0.1) is 0 Å². The van der Waals surface area contributed by atoms with Gasteiger partial charge in [0.1, 0.15) is 0 Å². The number of Topliss-reactive ketones (excluding diaryl/α,β-unsaturated/α-hetero) is 1. The van der Waals surface area contributed by atoms with Crippen LogP contribution in [0.2, 0.25) is 0 Å². The lowest BCUT2D eigenvalue weighted by atomic mass is 9.75. The largest absolute Gasteiger partial charge is 0.303 e. The molecular formula is C28H32N2O. The predicted molar refractivity (Wildman–Crippen MR) is 126 cm³/mol. The van der Waals surface area contributed by atoms with E-state index in [4.69, 9.17) is 0 Å². The molecule has 0 spiro atoms. The number of allylic oxidation sites excluding steroid dienone is 5. The van der Waals surface area contributed by atoms with Gasteiger partial charge in [-0.3, -0.25) is 4.79 Å². The van der Waals surface area contributed by atoms with Crippen molar-refractivity contribution in [3.63, 3.8) is 0 Å². The first-order valence-electron chi connectivity index (χ1n) is 11.9. The number of aryl methyl sites for hydroxylation is 1. The zero-order chi connectivity index (χ0) is 21.2. The van der Waals surface area contributed by atoms with Crippen molar-refractivity contribution in [3.05, 3.63) is 77.4 Å². The fraction of sp³-hybridized carbons (Fsp3) is 0.429. The Kier molecular flexibility index (Phi) is 5.76. The minimum atomic E-state index is 0.119. The summed E-state index contributed by atoms with van der Waals surface area (Å²) in [6.07, 6.45) is 23.1. The summed E-state index contributed by atoms with van der Waals surface area (Å²) in [7, 11) is 0. The highest BCUT2D eigenvalue weighted by Crippen LogP contribution is 2.43. The van der Waals surface area contributed by atoms with Crippen molar-refractivity contribution >= 4 is 17.6 Å². The topological polar surface area (TPSA) is 34.9 Å². The minimum absolute atomic E-state index is 0.119. The molecule has 0 radical (unpaired) electrons.